The molecule has 0 aliphatic heterocycles. The summed E-state index contributed by atoms with van der Waals surface area (Å²) in [6.45, 7) is 2.24. The fraction of sp³-hybridized carbons (Fsp3) is 0.174. The van der Waals surface area contributed by atoms with Crippen LogP contribution in [-0.4, -0.2) is 15.9 Å². The van der Waals surface area contributed by atoms with E-state index in [0.717, 1.165) is 22.0 Å². The lowest BCUT2D eigenvalue weighted by atomic mass is 10.1. The third-order valence-electron chi connectivity index (χ3n) is 4.54. The van der Waals surface area contributed by atoms with Crippen LogP contribution in [-0.2, 0) is 22.6 Å². The molecule has 0 amide bonds. The highest BCUT2D eigenvalue weighted by molar-refractivity contribution is 5.81. The van der Waals surface area contributed by atoms with Crippen molar-refractivity contribution in [3.63, 3.8) is 0 Å². The zero-order valence-electron chi connectivity index (χ0n) is 15.6. The van der Waals surface area contributed by atoms with Gasteiger partial charge in [0.05, 0.1) is 18.1 Å². The zero-order valence-corrected chi connectivity index (χ0v) is 15.6. The molecule has 4 aromatic rings. The number of oxazole rings is 1. The second-order valence-corrected chi connectivity index (χ2v) is 6.64. The normalized spacial score (nSPS) is 10.9. The maximum Gasteiger partial charge on any atom is 0.306 e. The summed E-state index contributed by atoms with van der Waals surface area (Å²) in [4.78, 5) is 20.8. The lowest BCUT2D eigenvalue weighted by Crippen LogP contribution is -2.06. The molecule has 5 heteroatoms. The Morgan fingerprint density at radius 3 is 2.71 bits per heavy atom. The number of ether oxygens (including phenoxy) is 1. The number of esters is 1. The molecule has 0 saturated heterocycles. The Kier molecular flexibility index (Phi) is 5.15. The number of fused-ring (bicyclic) bond motifs is 1. The van der Waals surface area contributed by atoms with Gasteiger partial charge in [0.2, 0.25) is 0 Å². The Labute approximate surface area is 163 Å². The SMILES string of the molecule is Cc1ccc(-c2cnc(CCC(=O)OCc3cccc4cccnc34)o2)cc1. The van der Waals surface area contributed by atoms with Crippen LogP contribution < -0.4 is 0 Å². The van der Waals surface area contributed by atoms with Crippen molar-refractivity contribution in [2.24, 2.45) is 0 Å². The second kappa shape index (κ2) is 8.05. The molecule has 140 valence electrons. The van der Waals surface area contributed by atoms with Gasteiger partial charge in [-0.05, 0) is 13.0 Å². The van der Waals surface area contributed by atoms with E-state index >= 15 is 0 Å². The van der Waals surface area contributed by atoms with Crippen LogP contribution in [0.3, 0.4) is 0 Å². The first-order valence-corrected chi connectivity index (χ1v) is 9.19. The number of hydrogen-bond donors (Lipinski definition) is 0. The van der Waals surface area contributed by atoms with E-state index in [-0.39, 0.29) is 19.0 Å². The summed E-state index contributed by atoms with van der Waals surface area (Å²) in [6.07, 6.45) is 4.04. The van der Waals surface area contributed by atoms with Gasteiger partial charge in [-0.1, -0.05) is 54.1 Å². The largest absolute Gasteiger partial charge is 0.461 e. The quantitative estimate of drug-likeness (QED) is 0.452. The van der Waals surface area contributed by atoms with Gasteiger partial charge in [-0.25, -0.2) is 4.98 Å². The van der Waals surface area contributed by atoms with Crippen LogP contribution in [0.15, 0.2) is 71.4 Å². The van der Waals surface area contributed by atoms with Gasteiger partial charge in [-0.3, -0.25) is 9.78 Å². The van der Waals surface area contributed by atoms with Crippen molar-refractivity contribution in [1.82, 2.24) is 9.97 Å². The Balaban J connectivity index is 1.33. The highest BCUT2D eigenvalue weighted by atomic mass is 16.5. The smallest absolute Gasteiger partial charge is 0.306 e. The molecule has 0 radical (unpaired) electrons. The number of pyridine rings is 1. The molecule has 0 fully saturated rings. The van der Waals surface area contributed by atoms with Crippen molar-refractivity contribution in [3.8, 4) is 11.3 Å². The average molecular weight is 372 g/mol. The number of benzene rings is 2. The second-order valence-electron chi connectivity index (χ2n) is 6.64. The first-order chi connectivity index (χ1) is 13.7. The van der Waals surface area contributed by atoms with Gasteiger partial charge in [-0.15, -0.1) is 0 Å². The predicted molar refractivity (Wildman–Crippen MR) is 107 cm³/mol. The Hall–Kier alpha value is -3.47. The lowest BCUT2D eigenvalue weighted by Gasteiger charge is -2.07. The number of hydrogen-bond acceptors (Lipinski definition) is 5. The van der Waals surface area contributed by atoms with E-state index in [4.69, 9.17) is 9.15 Å². The van der Waals surface area contributed by atoms with E-state index in [1.165, 1.54) is 5.56 Å². The van der Waals surface area contributed by atoms with Gasteiger partial charge < -0.3 is 9.15 Å². The van der Waals surface area contributed by atoms with Crippen LogP contribution in [0.5, 0.6) is 0 Å². The number of aryl methyl sites for hydroxylation is 2. The minimum atomic E-state index is -0.289. The van der Waals surface area contributed by atoms with Crippen LogP contribution in [0.2, 0.25) is 0 Å². The first kappa shape index (κ1) is 17.9. The Morgan fingerprint density at radius 2 is 1.86 bits per heavy atom. The monoisotopic (exact) mass is 372 g/mol. The zero-order chi connectivity index (χ0) is 19.3. The topological polar surface area (TPSA) is 65.2 Å². The van der Waals surface area contributed by atoms with E-state index < -0.39 is 0 Å². The number of rotatable bonds is 6. The molecule has 2 aromatic heterocycles. The Morgan fingerprint density at radius 1 is 1.04 bits per heavy atom. The molecule has 4 rings (SSSR count). The van der Waals surface area contributed by atoms with Crippen molar-refractivity contribution in [1.29, 1.82) is 0 Å². The molecule has 0 bridgehead atoms. The van der Waals surface area contributed by atoms with Crippen LogP contribution in [0.25, 0.3) is 22.2 Å². The van der Waals surface area contributed by atoms with Gasteiger partial charge >= 0.3 is 5.97 Å². The number of aromatic nitrogens is 2. The summed E-state index contributed by atoms with van der Waals surface area (Å²) >= 11 is 0. The van der Waals surface area contributed by atoms with Gasteiger partial charge in [0, 0.05) is 29.1 Å². The van der Waals surface area contributed by atoms with Crippen LogP contribution >= 0.6 is 0 Å². The summed E-state index contributed by atoms with van der Waals surface area (Å²) in [6, 6.07) is 17.8. The van der Waals surface area contributed by atoms with E-state index in [2.05, 4.69) is 9.97 Å². The number of carbonyl (C=O) groups is 1. The minimum Gasteiger partial charge on any atom is -0.461 e. The highest BCUT2D eigenvalue weighted by Gasteiger charge is 2.11. The molecule has 0 saturated carbocycles. The molecule has 2 heterocycles. The molecule has 0 unspecified atom stereocenters. The van der Waals surface area contributed by atoms with Crippen molar-refractivity contribution in [2.45, 2.75) is 26.4 Å². The molecule has 0 aliphatic rings. The molecule has 5 nitrogen and oxygen atoms in total. The van der Waals surface area contributed by atoms with E-state index in [1.54, 1.807) is 12.4 Å². The van der Waals surface area contributed by atoms with Crippen molar-refractivity contribution < 1.29 is 13.9 Å². The molecule has 0 spiro atoms. The third-order valence-corrected chi connectivity index (χ3v) is 4.54. The molecular formula is C23H20N2O3. The summed E-state index contributed by atoms with van der Waals surface area (Å²) in [7, 11) is 0. The molecule has 2 aromatic carbocycles. The fourth-order valence-electron chi connectivity index (χ4n) is 3.00. The average Bonchev–Trinajstić information content (AvgIpc) is 3.20. The van der Waals surface area contributed by atoms with E-state index in [1.807, 2.05) is 61.5 Å². The third kappa shape index (κ3) is 4.09. The number of nitrogens with zero attached hydrogens (tertiary/aromatic N) is 2. The van der Waals surface area contributed by atoms with Crippen molar-refractivity contribution >= 4 is 16.9 Å². The first-order valence-electron chi connectivity index (χ1n) is 9.19. The summed E-state index contributed by atoms with van der Waals surface area (Å²) in [5.41, 5.74) is 3.90. The van der Waals surface area contributed by atoms with Crippen molar-refractivity contribution in [2.75, 3.05) is 0 Å². The van der Waals surface area contributed by atoms with E-state index in [9.17, 15) is 4.79 Å². The minimum absolute atomic E-state index is 0.202. The predicted octanol–water partition coefficient (Wildman–Crippen LogP) is 4.87. The van der Waals surface area contributed by atoms with Crippen molar-refractivity contribution in [3.05, 3.63) is 84.0 Å². The van der Waals surface area contributed by atoms with E-state index in [0.29, 0.717) is 18.1 Å². The molecule has 0 atom stereocenters. The molecular weight excluding hydrogens is 352 g/mol. The fourth-order valence-corrected chi connectivity index (χ4v) is 3.00. The standard InChI is InChI=1S/C23H20N2O3/c1-16-7-9-17(10-8-16)20-14-25-21(28-20)11-12-22(26)27-15-19-5-2-4-18-6-3-13-24-23(18)19/h2-10,13-14H,11-12,15H2,1H3. The van der Waals surface area contributed by atoms with Gasteiger partial charge in [0.25, 0.3) is 0 Å². The van der Waals surface area contributed by atoms with Gasteiger partial charge in [0.1, 0.15) is 6.61 Å². The molecule has 28 heavy (non-hydrogen) atoms. The molecule has 0 aliphatic carbocycles. The number of carbonyl (C=O) groups excluding carboxylic acids is 1. The summed E-state index contributed by atoms with van der Waals surface area (Å²) in [5.74, 6) is 0.938. The Bertz CT molecular complexity index is 1100. The van der Waals surface area contributed by atoms with Crippen LogP contribution in [0.4, 0.5) is 0 Å². The number of para-hydroxylation sites is 1. The van der Waals surface area contributed by atoms with Crippen LogP contribution in [0, 0.1) is 6.92 Å². The molecule has 0 N–H and O–H groups in total. The highest BCUT2D eigenvalue weighted by Crippen LogP contribution is 2.21. The lowest BCUT2D eigenvalue weighted by molar-refractivity contribution is -0.144. The maximum absolute atomic E-state index is 12.1. The van der Waals surface area contributed by atoms with Gasteiger partial charge in [0.15, 0.2) is 11.7 Å². The van der Waals surface area contributed by atoms with Crippen LogP contribution in [0.1, 0.15) is 23.4 Å². The van der Waals surface area contributed by atoms with Gasteiger partial charge in [-0.2, -0.15) is 0 Å². The maximum atomic E-state index is 12.1. The summed E-state index contributed by atoms with van der Waals surface area (Å²) in [5, 5.41) is 1.03. The summed E-state index contributed by atoms with van der Waals surface area (Å²) < 4.78 is 11.2.